The Bertz CT molecular complexity index is 113. The van der Waals surface area contributed by atoms with Crippen LogP contribution >= 0.6 is 0 Å². The summed E-state index contributed by atoms with van der Waals surface area (Å²) in [5.41, 5.74) is 0. The van der Waals surface area contributed by atoms with Gasteiger partial charge in [-0.2, -0.15) is 0 Å². The highest BCUT2D eigenvalue weighted by atomic mass is 14.3. The summed E-state index contributed by atoms with van der Waals surface area (Å²) >= 11 is 0. The van der Waals surface area contributed by atoms with Gasteiger partial charge in [0.15, 0.2) is 0 Å². The lowest BCUT2D eigenvalue weighted by atomic mass is 9.78. The molecule has 0 heterocycles. The van der Waals surface area contributed by atoms with Gasteiger partial charge in [-0.1, -0.05) is 33.6 Å². The van der Waals surface area contributed by atoms with Crippen molar-refractivity contribution in [2.75, 3.05) is 0 Å². The summed E-state index contributed by atoms with van der Waals surface area (Å²) in [4.78, 5) is 0. The summed E-state index contributed by atoms with van der Waals surface area (Å²) in [7, 11) is 0. The highest BCUT2D eigenvalue weighted by Gasteiger charge is 2.19. The maximum Gasteiger partial charge on any atom is -0.0391 e. The van der Waals surface area contributed by atoms with Crippen LogP contribution < -0.4 is 0 Å². The van der Waals surface area contributed by atoms with E-state index in [9.17, 15) is 0 Å². The van der Waals surface area contributed by atoms with Crippen LogP contribution in [0.2, 0.25) is 0 Å². The Morgan fingerprint density at radius 2 is 1.42 bits per heavy atom. The molecule has 0 bridgehead atoms. The van der Waals surface area contributed by atoms with Crippen LogP contribution in [0.4, 0.5) is 0 Å². The third-order valence-electron chi connectivity index (χ3n) is 3.00. The fraction of sp³-hybridized carbons (Fsp3) is 0.833. The average Bonchev–Trinajstić information content (AvgIpc) is 2.09. The lowest BCUT2D eigenvalue weighted by molar-refractivity contribution is 0.234. The Labute approximate surface area is 77.8 Å². The van der Waals surface area contributed by atoms with Gasteiger partial charge in [0.25, 0.3) is 0 Å². The van der Waals surface area contributed by atoms with Gasteiger partial charge in [-0.15, -0.1) is 12.8 Å². The van der Waals surface area contributed by atoms with Crippen LogP contribution in [0.1, 0.15) is 46.5 Å². The van der Waals surface area contributed by atoms with Crippen LogP contribution in [0.25, 0.3) is 0 Å². The number of hydrogen-bond donors (Lipinski definition) is 0. The molecule has 0 aromatic carbocycles. The minimum atomic E-state index is 0.924. The molecule has 0 saturated heterocycles. The van der Waals surface area contributed by atoms with E-state index >= 15 is 0 Å². The molecule has 0 N–H and O–H groups in total. The second-order valence-electron chi connectivity index (χ2n) is 4.26. The summed E-state index contributed by atoms with van der Waals surface area (Å²) in [6.45, 7) is 7.11. The molecule has 0 aromatic rings. The third-order valence-corrected chi connectivity index (χ3v) is 3.00. The van der Waals surface area contributed by atoms with E-state index in [1.54, 1.807) is 0 Å². The molecule has 0 atom stereocenters. The molecule has 0 nitrogen and oxygen atoms in total. The van der Waals surface area contributed by atoms with E-state index in [2.05, 4.69) is 33.6 Å². The first-order chi connectivity index (χ1) is 5.70. The Balaban J connectivity index is 0.000000561. The van der Waals surface area contributed by atoms with Gasteiger partial charge in [0.2, 0.25) is 0 Å². The molecule has 1 rings (SSSR count). The van der Waals surface area contributed by atoms with Crippen molar-refractivity contribution in [3.63, 3.8) is 0 Å². The standard InChI is InChI=1S/C10H20.C2H2/c1-8(2)10-6-4-9(3)5-7-10;1-2/h8-10H,4-7H2,1-3H3;1-2H. The third kappa shape index (κ3) is 3.81. The normalized spacial score (nSPS) is 29.2. The molecule has 1 fully saturated rings. The molecule has 0 unspecified atom stereocenters. The Morgan fingerprint density at radius 3 is 1.75 bits per heavy atom. The molecule has 0 aliphatic heterocycles. The van der Waals surface area contributed by atoms with Gasteiger partial charge in [0.05, 0.1) is 0 Å². The number of terminal acetylenes is 1. The summed E-state index contributed by atoms with van der Waals surface area (Å²) < 4.78 is 0. The van der Waals surface area contributed by atoms with Crippen molar-refractivity contribution in [3.05, 3.63) is 0 Å². The summed E-state index contributed by atoms with van der Waals surface area (Å²) in [5, 5.41) is 0. The number of rotatable bonds is 1. The summed E-state index contributed by atoms with van der Waals surface area (Å²) in [6.07, 6.45) is 13.9. The zero-order valence-electron chi connectivity index (χ0n) is 8.72. The summed E-state index contributed by atoms with van der Waals surface area (Å²) in [6, 6.07) is 0. The zero-order valence-corrected chi connectivity index (χ0v) is 8.72. The van der Waals surface area contributed by atoms with E-state index in [0.717, 1.165) is 17.8 Å². The van der Waals surface area contributed by atoms with Gasteiger partial charge in [-0.05, 0) is 30.6 Å². The van der Waals surface area contributed by atoms with E-state index in [1.807, 2.05) is 0 Å². The van der Waals surface area contributed by atoms with Gasteiger partial charge >= 0.3 is 0 Å². The van der Waals surface area contributed by atoms with E-state index in [4.69, 9.17) is 0 Å². The lowest BCUT2D eigenvalue weighted by Gasteiger charge is -2.28. The first-order valence-corrected chi connectivity index (χ1v) is 5.03. The zero-order chi connectivity index (χ0) is 9.56. The van der Waals surface area contributed by atoms with Crippen molar-refractivity contribution >= 4 is 0 Å². The average molecular weight is 166 g/mol. The van der Waals surface area contributed by atoms with E-state index < -0.39 is 0 Å². The molecular formula is C12H22. The van der Waals surface area contributed by atoms with Crippen molar-refractivity contribution in [2.45, 2.75) is 46.5 Å². The van der Waals surface area contributed by atoms with E-state index in [-0.39, 0.29) is 0 Å². The first-order valence-electron chi connectivity index (χ1n) is 5.03. The molecule has 0 amide bonds. The van der Waals surface area contributed by atoms with Crippen LogP contribution in [0, 0.1) is 30.6 Å². The van der Waals surface area contributed by atoms with Crippen LogP contribution in [-0.2, 0) is 0 Å². The fourth-order valence-corrected chi connectivity index (χ4v) is 1.95. The van der Waals surface area contributed by atoms with Crippen molar-refractivity contribution in [3.8, 4) is 12.8 Å². The lowest BCUT2D eigenvalue weighted by Crippen LogP contribution is -2.16. The molecule has 1 saturated carbocycles. The maximum absolute atomic E-state index is 4.00. The molecule has 0 heteroatoms. The highest BCUT2D eigenvalue weighted by Crippen LogP contribution is 2.32. The van der Waals surface area contributed by atoms with Crippen LogP contribution in [0.5, 0.6) is 0 Å². The molecule has 0 aromatic heterocycles. The van der Waals surface area contributed by atoms with Crippen molar-refractivity contribution in [1.29, 1.82) is 0 Å². The van der Waals surface area contributed by atoms with Gasteiger partial charge in [0.1, 0.15) is 0 Å². The Kier molecular flexibility index (Phi) is 5.89. The van der Waals surface area contributed by atoms with Gasteiger partial charge < -0.3 is 0 Å². The second kappa shape index (κ2) is 6.12. The van der Waals surface area contributed by atoms with Gasteiger partial charge in [-0.25, -0.2) is 0 Å². The topological polar surface area (TPSA) is 0 Å². The second-order valence-corrected chi connectivity index (χ2v) is 4.26. The fourth-order valence-electron chi connectivity index (χ4n) is 1.95. The SMILES string of the molecule is C#C.CC1CCC(C(C)C)CC1. The van der Waals surface area contributed by atoms with Gasteiger partial charge in [0, 0.05) is 0 Å². The first kappa shape index (κ1) is 11.6. The molecule has 1 aliphatic rings. The van der Waals surface area contributed by atoms with Crippen molar-refractivity contribution < 1.29 is 0 Å². The van der Waals surface area contributed by atoms with E-state index in [1.165, 1.54) is 25.7 Å². The molecule has 1 aliphatic carbocycles. The quantitative estimate of drug-likeness (QED) is 0.521. The minimum Gasteiger partial charge on any atom is -0.124 e. The Hall–Kier alpha value is -0.440. The van der Waals surface area contributed by atoms with Crippen LogP contribution in [0.3, 0.4) is 0 Å². The van der Waals surface area contributed by atoms with Crippen LogP contribution in [-0.4, -0.2) is 0 Å². The molecule has 70 valence electrons. The minimum absolute atomic E-state index is 0.924. The summed E-state index contributed by atoms with van der Waals surface area (Å²) in [5.74, 6) is 2.97. The predicted molar refractivity (Wildman–Crippen MR) is 55.9 cm³/mol. The van der Waals surface area contributed by atoms with Crippen molar-refractivity contribution in [2.24, 2.45) is 17.8 Å². The molecular weight excluding hydrogens is 144 g/mol. The van der Waals surface area contributed by atoms with Crippen LogP contribution in [0.15, 0.2) is 0 Å². The predicted octanol–water partition coefficient (Wildman–Crippen LogP) is 3.72. The maximum atomic E-state index is 4.00. The van der Waals surface area contributed by atoms with E-state index in [0.29, 0.717) is 0 Å². The molecule has 12 heavy (non-hydrogen) atoms. The number of hydrogen-bond acceptors (Lipinski definition) is 0. The monoisotopic (exact) mass is 166 g/mol. The smallest absolute Gasteiger partial charge is 0.0391 e. The highest BCUT2D eigenvalue weighted by molar-refractivity contribution is 4.71. The molecule has 0 spiro atoms. The Morgan fingerprint density at radius 1 is 1.00 bits per heavy atom. The largest absolute Gasteiger partial charge is 0.124 e. The van der Waals surface area contributed by atoms with Crippen molar-refractivity contribution in [1.82, 2.24) is 0 Å². The molecule has 0 radical (unpaired) electrons. The van der Waals surface area contributed by atoms with Gasteiger partial charge in [-0.3, -0.25) is 0 Å².